The summed E-state index contributed by atoms with van der Waals surface area (Å²) in [5.74, 6) is 0. The summed E-state index contributed by atoms with van der Waals surface area (Å²) in [4.78, 5) is 2.17. The zero-order valence-corrected chi connectivity index (χ0v) is 12.3. The van der Waals surface area contributed by atoms with E-state index in [0.29, 0.717) is 16.4 Å². The number of rotatable bonds is 2. The van der Waals surface area contributed by atoms with Gasteiger partial charge in [0.2, 0.25) is 0 Å². The molecule has 7 heteroatoms. The van der Waals surface area contributed by atoms with Crippen molar-refractivity contribution in [3.05, 3.63) is 11.4 Å². The summed E-state index contributed by atoms with van der Waals surface area (Å²) in [5.41, 5.74) is 6.12. The third-order valence-corrected chi connectivity index (χ3v) is 6.59. The van der Waals surface area contributed by atoms with Crippen LogP contribution < -0.4 is 5.73 Å². The van der Waals surface area contributed by atoms with Crippen LogP contribution in [0.25, 0.3) is 0 Å². The first-order valence-corrected chi connectivity index (χ1v) is 8.27. The van der Waals surface area contributed by atoms with Gasteiger partial charge in [-0.2, -0.15) is 4.31 Å². The third kappa shape index (κ3) is 2.69. The average Bonchev–Trinajstić information content (AvgIpc) is 2.63. The Morgan fingerprint density at radius 1 is 1.44 bits per heavy atom. The van der Waals surface area contributed by atoms with Crippen LogP contribution in [0, 0.1) is 0 Å². The second kappa shape index (κ2) is 5.16. The quantitative estimate of drug-likeness (QED) is 0.883. The minimum absolute atomic E-state index is 0.00850. The van der Waals surface area contributed by atoms with Gasteiger partial charge in [0, 0.05) is 30.2 Å². The van der Waals surface area contributed by atoms with Crippen molar-refractivity contribution in [3.8, 4) is 0 Å². The van der Waals surface area contributed by atoms with Gasteiger partial charge < -0.3 is 10.6 Å². The number of anilines is 1. The summed E-state index contributed by atoms with van der Waals surface area (Å²) in [6.45, 7) is 4.23. The molecule has 0 spiro atoms. The number of nitrogens with two attached hydrogens (primary N) is 1. The zero-order chi connectivity index (χ0) is 13.3. The second-order valence-corrected chi connectivity index (χ2v) is 7.81. The smallest absolute Gasteiger partial charge is 0.252 e. The molecule has 0 aromatic carbocycles. The van der Waals surface area contributed by atoms with Gasteiger partial charge in [-0.3, -0.25) is 0 Å². The van der Waals surface area contributed by atoms with E-state index in [4.69, 9.17) is 5.73 Å². The SMILES string of the molecule is CC1CN(C)CCCN1S(=O)(=O)c1cc(N)cs1. The highest BCUT2D eigenvalue weighted by atomic mass is 32.2. The Morgan fingerprint density at radius 2 is 2.17 bits per heavy atom. The molecule has 1 aromatic rings. The van der Waals surface area contributed by atoms with Crippen LogP contribution in [-0.4, -0.2) is 50.3 Å². The molecule has 2 heterocycles. The Morgan fingerprint density at radius 3 is 2.78 bits per heavy atom. The maximum Gasteiger partial charge on any atom is 0.252 e. The molecule has 2 N–H and O–H groups in total. The summed E-state index contributed by atoms with van der Waals surface area (Å²) >= 11 is 1.19. The van der Waals surface area contributed by atoms with Crippen LogP contribution in [0.3, 0.4) is 0 Å². The van der Waals surface area contributed by atoms with Crippen molar-refractivity contribution in [1.82, 2.24) is 9.21 Å². The van der Waals surface area contributed by atoms with E-state index >= 15 is 0 Å². The van der Waals surface area contributed by atoms with Crippen molar-refractivity contribution in [1.29, 1.82) is 0 Å². The minimum Gasteiger partial charge on any atom is -0.398 e. The fourth-order valence-electron chi connectivity index (χ4n) is 2.29. The topological polar surface area (TPSA) is 66.6 Å². The van der Waals surface area contributed by atoms with Gasteiger partial charge in [-0.1, -0.05) is 0 Å². The van der Waals surface area contributed by atoms with E-state index in [1.165, 1.54) is 11.3 Å². The number of thiophene rings is 1. The lowest BCUT2D eigenvalue weighted by atomic mass is 10.3. The van der Waals surface area contributed by atoms with E-state index in [9.17, 15) is 8.42 Å². The van der Waals surface area contributed by atoms with E-state index in [1.54, 1.807) is 15.8 Å². The van der Waals surface area contributed by atoms with Gasteiger partial charge in [-0.25, -0.2) is 8.42 Å². The van der Waals surface area contributed by atoms with Crippen LogP contribution in [0.4, 0.5) is 5.69 Å². The lowest BCUT2D eigenvalue weighted by Crippen LogP contribution is -2.41. The summed E-state index contributed by atoms with van der Waals surface area (Å²) in [5, 5.41) is 1.67. The molecule has 0 radical (unpaired) electrons. The van der Waals surface area contributed by atoms with Crippen LogP contribution in [-0.2, 0) is 10.0 Å². The van der Waals surface area contributed by atoms with Crippen molar-refractivity contribution in [2.75, 3.05) is 32.4 Å². The number of hydrogen-bond acceptors (Lipinski definition) is 5. The average molecular weight is 289 g/mol. The molecule has 1 saturated heterocycles. The van der Waals surface area contributed by atoms with Crippen molar-refractivity contribution in [2.24, 2.45) is 0 Å². The number of nitrogen functional groups attached to an aromatic ring is 1. The number of sulfonamides is 1. The molecule has 1 atom stereocenters. The van der Waals surface area contributed by atoms with Gasteiger partial charge >= 0.3 is 0 Å². The van der Waals surface area contributed by atoms with Gasteiger partial charge in [0.05, 0.1) is 0 Å². The summed E-state index contributed by atoms with van der Waals surface area (Å²) in [7, 11) is -1.37. The second-order valence-electron chi connectivity index (χ2n) is 4.78. The van der Waals surface area contributed by atoms with Crippen molar-refractivity contribution in [2.45, 2.75) is 23.6 Å². The van der Waals surface area contributed by atoms with Gasteiger partial charge in [0.15, 0.2) is 0 Å². The molecule has 5 nitrogen and oxygen atoms in total. The Bertz CT molecular complexity index is 512. The zero-order valence-electron chi connectivity index (χ0n) is 10.7. The van der Waals surface area contributed by atoms with Crippen molar-refractivity contribution in [3.63, 3.8) is 0 Å². The highest BCUT2D eigenvalue weighted by molar-refractivity contribution is 7.91. The van der Waals surface area contributed by atoms with Crippen LogP contribution in [0.15, 0.2) is 15.7 Å². The summed E-state index contributed by atoms with van der Waals surface area (Å²) in [6, 6.07) is 1.53. The Balaban J connectivity index is 2.29. The summed E-state index contributed by atoms with van der Waals surface area (Å²) < 4.78 is 27.0. The Hall–Kier alpha value is -0.630. The standard InChI is InChI=1S/C11H19N3O2S2/c1-9-7-13(2)4-3-5-14(9)18(15,16)11-6-10(12)8-17-11/h6,8-9H,3-5,7,12H2,1-2H3. The highest BCUT2D eigenvalue weighted by Gasteiger charge is 2.32. The van der Waals surface area contributed by atoms with Crippen LogP contribution >= 0.6 is 11.3 Å². The minimum atomic E-state index is -3.39. The van der Waals surface area contributed by atoms with Crippen LogP contribution in [0.5, 0.6) is 0 Å². The first-order valence-electron chi connectivity index (χ1n) is 5.95. The van der Waals surface area contributed by atoms with E-state index in [-0.39, 0.29) is 6.04 Å². The van der Waals surface area contributed by atoms with Crippen LogP contribution in [0.2, 0.25) is 0 Å². The normalized spacial score (nSPS) is 24.0. The molecule has 1 aromatic heterocycles. The van der Waals surface area contributed by atoms with Gasteiger partial charge in [0.1, 0.15) is 4.21 Å². The molecule has 18 heavy (non-hydrogen) atoms. The largest absolute Gasteiger partial charge is 0.398 e. The Kier molecular flexibility index (Phi) is 3.96. The molecular formula is C11H19N3O2S2. The van der Waals surface area contributed by atoms with E-state index in [2.05, 4.69) is 4.90 Å². The first kappa shape index (κ1) is 13.8. The summed E-state index contributed by atoms with van der Waals surface area (Å²) in [6.07, 6.45) is 0.862. The maximum absolute atomic E-state index is 12.5. The van der Waals surface area contributed by atoms with Gasteiger partial charge in [-0.15, -0.1) is 11.3 Å². The molecule has 0 amide bonds. The molecule has 1 unspecified atom stereocenters. The maximum atomic E-state index is 12.5. The van der Waals surface area contributed by atoms with E-state index < -0.39 is 10.0 Å². The molecule has 1 aliphatic rings. The fraction of sp³-hybridized carbons (Fsp3) is 0.636. The molecule has 0 aliphatic carbocycles. The molecule has 0 saturated carbocycles. The number of likely N-dealkylation sites (N-methyl/N-ethyl adjacent to an activating group) is 1. The van der Waals surface area contributed by atoms with E-state index in [0.717, 1.165) is 19.5 Å². The number of hydrogen-bond donors (Lipinski definition) is 1. The Labute approximate surface area is 112 Å². The third-order valence-electron chi connectivity index (χ3n) is 3.14. The molecular weight excluding hydrogens is 270 g/mol. The van der Waals surface area contributed by atoms with Crippen LogP contribution in [0.1, 0.15) is 13.3 Å². The van der Waals surface area contributed by atoms with E-state index in [1.807, 2.05) is 14.0 Å². The lowest BCUT2D eigenvalue weighted by molar-refractivity contribution is 0.291. The lowest BCUT2D eigenvalue weighted by Gasteiger charge is -2.26. The molecule has 1 fully saturated rings. The molecule has 2 rings (SSSR count). The monoisotopic (exact) mass is 289 g/mol. The fourth-order valence-corrected chi connectivity index (χ4v) is 5.16. The molecule has 1 aliphatic heterocycles. The van der Waals surface area contributed by atoms with Crippen molar-refractivity contribution >= 4 is 27.0 Å². The van der Waals surface area contributed by atoms with Gasteiger partial charge in [-0.05, 0) is 33.0 Å². The highest BCUT2D eigenvalue weighted by Crippen LogP contribution is 2.27. The predicted octanol–water partition coefficient (Wildman–Crippen LogP) is 1.05. The van der Waals surface area contributed by atoms with Gasteiger partial charge in [0.25, 0.3) is 10.0 Å². The first-order chi connectivity index (χ1) is 8.41. The number of nitrogens with zero attached hydrogens (tertiary/aromatic N) is 2. The van der Waals surface area contributed by atoms with Crippen molar-refractivity contribution < 1.29 is 8.42 Å². The predicted molar refractivity (Wildman–Crippen MR) is 74.2 cm³/mol. The molecule has 102 valence electrons. The molecule has 0 bridgehead atoms.